The molecule has 1 aromatic carbocycles. The summed E-state index contributed by atoms with van der Waals surface area (Å²) >= 11 is 0. The van der Waals surface area contributed by atoms with E-state index in [1.165, 1.54) is 7.11 Å². The molecule has 0 heterocycles. The third-order valence-electron chi connectivity index (χ3n) is 3.29. The number of rotatable bonds is 7. The molecule has 0 fully saturated rings. The number of hydrogen-bond donors (Lipinski definition) is 1. The highest BCUT2D eigenvalue weighted by Crippen LogP contribution is 2.27. The molecular weight excluding hydrogens is 262 g/mol. The van der Waals surface area contributed by atoms with Gasteiger partial charge in [0.05, 0.1) is 12.4 Å². The second-order valence-electron chi connectivity index (χ2n) is 4.64. The van der Waals surface area contributed by atoms with Gasteiger partial charge in [-0.15, -0.1) is 0 Å². The first kappa shape index (κ1) is 16.0. The maximum absolute atomic E-state index is 12.6. The molecule has 0 saturated heterocycles. The largest absolute Gasteiger partial charge is 0.495 e. The van der Waals surface area contributed by atoms with Crippen molar-refractivity contribution in [1.29, 1.82) is 0 Å². The molecule has 2 atom stereocenters. The van der Waals surface area contributed by atoms with Crippen molar-refractivity contribution >= 4 is 9.84 Å². The van der Waals surface area contributed by atoms with Crippen LogP contribution in [-0.4, -0.2) is 33.4 Å². The molecule has 0 aliphatic heterocycles. The molecule has 0 radical (unpaired) electrons. The maximum Gasteiger partial charge on any atom is 0.186 e. The predicted octanol–water partition coefficient (Wildman–Crippen LogP) is 2.25. The number of sulfone groups is 1. The van der Waals surface area contributed by atoms with Gasteiger partial charge in [0, 0.05) is 6.04 Å². The zero-order valence-electron chi connectivity index (χ0n) is 12.0. The highest BCUT2D eigenvalue weighted by Gasteiger charge is 2.30. The molecule has 0 spiro atoms. The lowest BCUT2D eigenvalue weighted by Gasteiger charge is -2.22. The average molecular weight is 285 g/mol. The van der Waals surface area contributed by atoms with Gasteiger partial charge in [0.1, 0.15) is 10.6 Å². The molecule has 1 aromatic rings. The summed E-state index contributed by atoms with van der Waals surface area (Å²) in [5, 5.41) is 2.72. The van der Waals surface area contributed by atoms with Gasteiger partial charge in [0.25, 0.3) is 0 Å². The van der Waals surface area contributed by atoms with Gasteiger partial charge in [-0.1, -0.05) is 19.1 Å². The quantitative estimate of drug-likeness (QED) is 0.835. The van der Waals surface area contributed by atoms with Gasteiger partial charge in [0.2, 0.25) is 0 Å². The molecule has 0 saturated carbocycles. The molecule has 0 aromatic heterocycles. The lowest BCUT2D eigenvalue weighted by molar-refractivity contribution is 0.402. The summed E-state index contributed by atoms with van der Waals surface area (Å²) < 4.78 is 30.3. The number of methoxy groups -OCH3 is 1. The van der Waals surface area contributed by atoms with Crippen LogP contribution in [0.1, 0.15) is 27.2 Å². The summed E-state index contributed by atoms with van der Waals surface area (Å²) in [4.78, 5) is 0.259. The van der Waals surface area contributed by atoms with E-state index in [9.17, 15) is 8.42 Å². The molecule has 0 bridgehead atoms. The smallest absolute Gasteiger partial charge is 0.186 e. The normalized spacial score (nSPS) is 14.9. The van der Waals surface area contributed by atoms with Crippen LogP contribution in [0.3, 0.4) is 0 Å². The Morgan fingerprint density at radius 3 is 2.47 bits per heavy atom. The van der Waals surface area contributed by atoms with E-state index in [1.54, 1.807) is 31.2 Å². The molecule has 19 heavy (non-hydrogen) atoms. The Hall–Kier alpha value is -1.07. The first-order valence-corrected chi connectivity index (χ1v) is 8.10. The molecular formula is C14H23NO3S. The lowest BCUT2D eigenvalue weighted by atomic mass is 10.2. The summed E-state index contributed by atoms with van der Waals surface area (Å²) in [6.45, 7) is 6.49. The third-order valence-corrected chi connectivity index (χ3v) is 5.62. The highest BCUT2D eigenvalue weighted by molar-refractivity contribution is 7.92. The molecule has 0 amide bonds. The van der Waals surface area contributed by atoms with Crippen molar-refractivity contribution in [1.82, 2.24) is 5.32 Å². The Bertz CT molecular complexity index is 499. The summed E-state index contributed by atoms with van der Waals surface area (Å²) in [6, 6.07) is 6.64. The van der Waals surface area contributed by atoms with Crippen LogP contribution < -0.4 is 10.1 Å². The zero-order chi connectivity index (χ0) is 14.5. The van der Waals surface area contributed by atoms with E-state index >= 15 is 0 Å². The van der Waals surface area contributed by atoms with Gasteiger partial charge in [-0.2, -0.15) is 0 Å². The van der Waals surface area contributed by atoms with Crippen LogP contribution in [0.25, 0.3) is 0 Å². The molecule has 1 N–H and O–H groups in total. The maximum atomic E-state index is 12.6. The van der Waals surface area contributed by atoms with Crippen molar-refractivity contribution < 1.29 is 13.2 Å². The van der Waals surface area contributed by atoms with Crippen molar-refractivity contribution in [3.8, 4) is 5.75 Å². The van der Waals surface area contributed by atoms with Gasteiger partial charge in [-0.25, -0.2) is 8.42 Å². The van der Waals surface area contributed by atoms with E-state index in [1.807, 2.05) is 6.92 Å². The predicted molar refractivity (Wildman–Crippen MR) is 77.4 cm³/mol. The van der Waals surface area contributed by atoms with E-state index in [0.717, 1.165) is 13.0 Å². The van der Waals surface area contributed by atoms with Crippen molar-refractivity contribution in [3.05, 3.63) is 24.3 Å². The number of ether oxygens (including phenoxy) is 1. The Balaban J connectivity index is 3.03. The SMILES string of the molecule is CCCNC(C)C(C)S(=O)(=O)c1ccccc1OC. The van der Waals surface area contributed by atoms with Gasteiger partial charge in [0.15, 0.2) is 9.84 Å². The van der Waals surface area contributed by atoms with Gasteiger partial charge >= 0.3 is 0 Å². The van der Waals surface area contributed by atoms with E-state index in [0.29, 0.717) is 5.75 Å². The zero-order valence-corrected chi connectivity index (χ0v) is 12.8. The Morgan fingerprint density at radius 1 is 1.26 bits per heavy atom. The van der Waals surface area contributed by atoms with E-state index < -0.39 is 15.1 Å². The number of nitrogens with one attached hydrogen (secondary N) is 1. The van der Waals surface area contributed by atoms with E-state index in [2.05, 4.69) is 12.2 Å². The van der Waals surface area contributed by atoms with Crippen molar-refractivity contribution in [3.63, 3.8) is 0 Å². The summed E-state index contributed by atoms with van der Waals surface area (Å²) in [6.07, 6.45) is 0.978. The van der Waals surface area contributed by atoms with Crippen LogP contribution in [0.2, 0.25) is 0 Å². The van der Waals surface area contributed by atoms with Crippen LogP contribution in [0.15, 0.2) is 29.2 Å². The summed E-state index contributed by atoms with van der Waals surface area (Å²) in [5.41, 5.74) is 0. The topological polar surface area (TPSA) is 55.4 Å². The second-order valence-corrected chi connectivity index (χ2v) is 6.92. The van der Waals surface area contributed by atoms with E-state index in [4.69, 9.17) is 4.74 Å². The monoisotopic (exact) mass is 285 g/mol. The third kappa shape index (κ3) is 3.70. The Morgan fingerprint density at radius 2 is 1.89 bits per heavy atom. The van der Waals surface area contributed by atoms with Crippen LogP contribution >= 0.6 is 0 Å². The van der Waals surface area contributed by atoms with E-state index in [-0.39, 0.29) is 10.9 Å². The standard InChI is InChI=1S/C14H23NO3S/c1-5-10-15-11(2)12(3)19(16,17)14-9-7-6-8-13(14)18-4/h6-9,11-12,15H,5,10H2,1-4H3. The highest BCUT2D eigenvalue weighted by atomic mass is 32.2. The van der Waals surface area contributed by atoms with Gasteiger partial charge in [-0.3, -0.25) is 0 Å². The summed E-state index contributed by atoms with van der Waals surface area (Å²) in [5.74, 6) is 0.400. The van der Waals surface area contributed by atoms with Crippen molar-refractivity contribution in [2.24, 2.45) is 0 Å². The Labute approximate surface area is 116 Å². The fraction of sp³-hybridized carbons (Fsp3) is 0.571. The van der Waals surface area contributed by atoms with Crippen LogP contribution in [0.5, 0.6) is 5.75 Å². The minimum Gasteiger partial charge on any atom is -0.495 e. The van der Waals surface area contributed by atoms with Crippen LogP contribution in [0.4, 0.5) is 0 Å². The van der Waals surface area contributed by atoms with Crippen LogP contribution in [-0.2, 0) is 9.84 Å². The lowest BCUT2D eigenvalue weighted by Crippen LogP contribution is -2.40. The minimum absolute atomic E-state index is 0.102. The number of para-hydroxylation sites is 1. The van der Waals surface area contributed by atoms with Gasteiger partial charge < -0.3 is 10.1 Å². The van der Waals surface area contributed by atoms with Crippen LogP contribution in [0, 0.1) is 0 Å². The van der Waals surface area contributed by atoms with Crippen molar-refractivity contribution in [2.75, 3.05) is 13.7 Å². The fourth-order valence-electron chi connectivity index (χ4n) is 1.86. The first-order chi connectivity index (χ1) is 8.95. The molecule has 0 aliphatic carbocycles. The molecule has 108 valence electrons. The molecule has 1 rings (SSSR count). The van der Waals surface area contributed by atoms with Gasteiger partial charge in [-0.05, 0) is 38.9 Å². The van der Waals surface area contributed by atoms with Crippen molar-refractivity contribution in [2.45, 2.75) is 43.4 Å². The first-order valence-electron chi connectivity index (χ1n) is 6.55. The minimum atomic E-state index is -3.40. The molecule has 4 nitrogen and oxygen atoms in total. The second kappa shape index (κ2) is 6.91. The summed E-state index contributed by atoms with van der Waals surface area (Å²) in [7, 11) is -1.91. The number of hydrogen-bond acceptors (Lipinski definition) is 4. The molecule has 2 unspecified atom stereocenters. The Kier molecular flexibility index (Phi) is 5.82. The fourth-order valence-corrected chi connectivity index (χ4v) is 3.60. The molecule has 5 heteroatoms. The number of benzene rings is 1. The average Bonchev–Trinajstić information content (AvgIpc) is 2.43. The molecule has 0 aliphatic rings.